The van der Waals surface area contributed by atoms with Crippen LogP contribution in [-0.2, 0) is 0 Å². The topological polar surface area (TPSA) is 36.4 Å². The molecule has 2 aromatic rings. The highest BCUT2D eigenvalue weighted by molar-refractivity contribution is 6.00. The van der Waals surface area contributed by atoms with Crippen LogP contribution in [0.3, 0.4) is 0 Å². The Morgan fingerprint density at radius 3 is 2.12 bits per heavy atom. The molecule has 0 saturated heterocycles. The molecule has 24 heavy (non-hydrogen) atoms. The van der Waals surface area contributed by atoms with E-state index in [-0.39, 0.29) is 5.66 Å². The first kappa shape index (κ1) is 14.1. The summed E-state index contributed by atoms with van der Waals surface area (Å²) in [6, 6.07) is 19.2. The highest BCUT2D eigenvalue weighted by Crippen LogP contribution is 2.47. The molecule has 0 radical (unpaired) electrons. The Morgan fingerprint density at radius 2 is 1.46 bits per heavy atom. The molecule has 1 heterocycles. The molecule has 2 N–H and O–H groups in total. The minimum atomic E-state index is 0.0224. The molecule has 3 nitrogen and oxygen atoms in total. The molecule has 0 unspecified atom stereocenters. The average Bonchev–Trinajstić information content (AvgIpc) is 3.07. The maximum Gasteiger partial charge on any atom is 0.155 e. The van der Waals surface area contributed by atoms with Crippen LogP contribution in [-0.4, -0.2) is 11.5 Å². The molecular formula is C21H23N3. The number of nitrogens with one attached hydrogen (secondary N) is 2. The third-order valence-electron chi connectivity index (χ3n) is 6.13. The van der Waals surface area contributed by atoms with Crippen LogP contribution in [0.5, 0.6) is 0 Å². The maximum atomic E-state index is 4.66. The van der Waals surface area contributed by atoms with Gasteiger partial charge in [-0.2, -0.15) is 5.10 Å². The number of hydrazone groups is 1. The van der Waals surface area contributed by atoms with Gasteiger partial charge >= 0.3 is 0 Å². The number of benzene rings is 2. The predicted molar refractivity (Wildman–Crippen MR) is 97.5 cm³/mol. The van der Waals surface area contributed by atoms with E-state index >= 15 is 0 Å². The van der Waals surface area contributed by atoms with Crippen molar-refractivity contribution in [3.8, 4) is 11.1 Å². The second-order valence-electron chi connectivity index (χ2n) is 7.53. The van der Waals surface area contributed by atoms with Gasteiger partial charge in [-0.15, -0.1) is 0 Å². The highest BCUT2D eigenvalue weighted by atomic mass is 15.5. The van der Waals surface area contributed by atoms with Crippen molar-refractivity contribution in [1.82, 2.24) is 10.7 Å². The zero-order valence-electron chi connectivity index (χ0n) is 13.8. The Hall–Kier alpha value is -2.29. The number of hydrogen-bond acceptors (Lipinski definition) is 3. The molecule has 3 fully saturated rings. The van der Waals surface area contributed by atoms with E-state index in [1.807, 2.05) is 0 Å². The fourth-order valence-corrected chi connectivity index (χ4v) is 4.78. The lowest BCUT2D eigenvalue weighted by Gasteiger charge is -2.49. The molecule has 1 atom stereocenters. The lowest BCUT2D eigenvalue weighted by atomic mass is 9.64. The van der Waals surface area contributed by atoms with Crippen molar-refractivity contribution in [2.45, 2.75) is 37.8 Å². The summed E-state index contributed by atoms with van der Waals surface area (Å²) in [5, 5.41) is 8.41. The number of hydrogen-bond donors (Lipinski definition) is 2. The molecule has 2 aromatic carbocycles. The summed E-state index contributed by atoms with van der Waals surface area (Å²) < 4.78 is 0. The minimum Gasteiger partial charge on any atom is -0.344 e. The van der Waals surface area contributed by atoms with Crippen molar-refractivity contribution in [3.63, 3.8) is 0 Å². The number of amidine groups is 1. The highest BCUT2D eigenvalue weighted by Gasteiger charge is 2.50. The van der Waals surface area contributed by atoms with E-state index in [0.29, 0.717) is 5.92 Å². The van der Waals surface area contributed by atoms with E-state index in [1.165, 1.54) is 48.8 Å². The summed E-state index contributed by atoms with van der Waals surface area (Å²) in [5.74, 6) is 2.58. The Balaban J connectivity index is 1.36. The van der Waals surface area contributed by atoms with E-state index < -0.39 is 0 Å². The van der Waals surface area contributed by atoms with Gasteiger partial charge in [-0.25, -0.2) is 0 Å². The third-order valence-corrected chi connectivity index (χ3v) is 6.13. The Morgan fingerprint density at radius 1 is 0.792 bits per heavy atom. The summed E-state index contributed by atoms with van der Waals surface area (Å²) in [4.78, 5) is 0. The SMILES string of the molecule is c1ccc(-c2ccc(C3=NN[C@]4(CC5CCC4CC5)N3)cc2)cc1. The van der Waals surface area contributed by atoms with Crippen LogP contribution in [0.2, 0.25) is 0 Å². The van der Waals surface area contributed by atoms with Gasteiger partial charge in [-0.05, 0) is 49.1 Å². The lowest BCUT2D eigenvalue weighted by Crippen LogP contribution is -2.62. The van der Waals surface area contributed by atoms with Crippen LogP contribution >= 0.6 is 0 Å². The normalized spacial score (nSPS) is 30.8. The van der Waals surface area contributed by atoms with Gasteiger partial charge in [-0.1, -0.05) is 54.6 Å². The van der Waals surface area contributed by atoms with Gasteiger partial charge < -0.3 is 5.32 Å². The minimum absolute atomic E-state index is 0.0224. The molecule has 0 aromatic heterocycles. The van der Waals surface area contributed by atoms with E-state index in [1.54, 1.807) is 0 Å². The first-order chi connectivity index (χ1) is 11.8. The second-order valence-corrected chi connectivity index (χ2v) is 7.53. The summed E-state index contributed by atoms with van der Waals surface area (Å²) in [5.41, 5.74) is 7.17. The van der Waals surface area contributed by atoms with E-state index in [0.717, 1.165) is 11.8 Å². The van der Waals surface area contributed by atoms with Crippen LogP contribution in [0, 0.1) is 11.8 Å². The monoisotopic (exact) mass is 317 g/mol. The van der Waals surface area contributed by atoms with Crippen LogP contribution in [0.15, 0.2) is 59.7 Å². The number of nitrogens with zero attached hydrogens (tertiary/aromatic N) is 1. The summed E-state index contributed by atoms with van der Waals surface area (Å²) in [6.45, 7) is 0. The lowest BCUT2D eigenvalue weighted by molar-refractivity contribution is 0.0394. The van der Waals surface area contributed by atoms with Gasteiger partial charge in [0.05, 0.1) is 0 Å². The van der Waals surface area contributed by atoms with Gasteiger partial charge in [-0.3, -0.25) is 5.43 Å². The maximum absolute atomic E-state index is 4.66. The van der Waals surface area contributed by atoms with E-state index in [4.69, 9.17) is 0 Å². The quantitative estimate of drug-likeness (QED) is 0.874. The van der Waals surface area contributed by atoms with Crippen LogP contribution in [0.25, 0.3) is 11.1 Å². The van der Waals surface area contributed by atoms with Gasteiger partial charge in [0.1, 0.15) is 5.66 Å². The summed E-state index contributed by atoms with van der Waals surface area (Å²) >= 11 is 0. The fourth-order valence-electron chi connectivity index (χ4n) is 4.78. The van der Waals surface area contributed by atoms with E-state index in [9.17, 15) is 0 Å². The van der Waals surface area contributed by atoms with E-state index in [2.05, 4.69) is 70.4 Å². The van der Waals surface area contributed by atoms with Gasteiger partial charge in [0.2, 0.25) is 0 Å². The molecule has 6 rings (SSSR count). The first-order valence-corrected chi connectivity index (χ1v) is 9.11. The third kappa shape index (κ3) is 2.22. The standard InChI is InChI=1S/C21H23N3/c1-2-4-16(5-3-1)17-8-10-18(11-9-17)20-22-21(24-23-20)14-15-6-12-19(21)13-7-15/h1-5,8-11,15,19,24H,6-7,12-14H2,(H,22,23)/t15?,19?,21-/m0/s1. The Labute approximate surface area is 143 Å². The molecule has 1 aliphatic heterocycles. The van der Waals surface area contributed by atoms with Crippen LogP contribution in [0.4, 0.5) is 0 Å². The summed E-state index contributed by atoms with van der Waals surface area (Å²) in [6.07, 6.45) is 6.68. The molecular weight excluding hydrogens is 294 g/mol. The van der Waals surface area contributed by atoms with Gasteiger partial charge in [0.15, 0.2) is 5.84 Å². The number of fused-ring (bicyclic) bond motifs is 2. The van der Waals surface area contributed by atoms with Crippen molar-refractivity contribution in [2.75, 3.05) is 0 Å². The summed E-state index contributed by atoms with van der Waals surface area (Å²) in [7, 11) is 0. The number of rotatable bonds is 2. The molecule has 2 bridgehead atoms. The van der Waals surface area contributed by atoms with Crippen molar-refractivity contribution >= 4 is 5.84 Å². The van der Waals surface area contributed by atoms with Gasteiger partial charge in [0.25, 0.3) is 0 Å². The predicted octanol–water partition coefficient (Wildman–Crippen LogP) is 4.11. The van der Waals surface area contributed by atoms with Crippen molar-refractivity contribution < 1.29 is 0 Å². The molecule has 3 heteroatoms. The first-order valence-electron chi connectivity index (χ1n) is 9.11. The Bertz CT molecular complexity index is 757. The van der Waals surface area contributed by atoms with Gasteiger partial charge in [0, 0.05) is 11.5 Å². The van der Waals surface area contributed by atoms with Crippen molar-refractivity contribution in [1.29, 1.82) is 0 Å². The molecule has 1 spiro atoms. The fraction of sp³-hybridized carbons (Fsp3) is 0.381. The molecule has 3 aliphatic carbocycles. The smallest absolute Gasteiger partial charge is 0.155 e. The van der Waals surface area contributed by atoms with Crippen molar-refractivity contribution in [2.24, 2.45) is 16.9 Å². The van der Waals surface area contributed by atoms with Crippen molar-refractivity contribution in [3.05, 3.63) is 60.2 Å². The molecule has 122 valence electrons. The van der Waals surface area contributed by atoms with Crippen LogP contribution in [0.1, 0.15) is 37.7 Å². The average molecular weight is 317 g/mol. The molecule has 3 saturated carbocycles. The Kier molecular flexibility index (Phi) is 3.15. The zero-order valence-corrected chi connectivity index (χ0v) is 13.8. The largest absolute Gasteiger partial charge is 0.344 e. The molecule has 0 amide bonds. The molecule has 4 aliphatic rings. The second kappa shape index (κ2) is 5.37. The van der Waals surface area contributed by atoms with Crippen LogP contribution < -0.4 is 10.7 Å². The zero-order chi connectivity index (χ0) is 16.0.